The number of thiol groups is 4. The van der Waals surface area contributed by atoms with Gasteiger partial charge in [-0.25, -0.2) is 0 Å². The van der Waals surface area contributed by atoms with E-state index >= 15 is 0 Å². The summed E-state index contributed by atoms with van der Waals surface area (Å²) in [7, 11) is 1.58. The molecule has 0 aromatic heterocycles. The van der Waals surface area contributed by atoms with E-state index in [0.717, 1.165) is 38.5 Å². The molecule has 0 amide bonds. The molecular weight excluding hydrogens is 749 g/mol. The summed E-state index contributed by atoms with van der Waals surface area (Å²) in [5.74, 6) is 1.26. The Morgan fingerprint density at radius 2 is 1.62 bits per heavy atom. The van der Waals surface area contributed by atoms with E-state index in [-0.39, 0.29) is 77.5 Å². The number of esters is 1. The molecule has 2 spiro atoms. The predicted molar refractivity (Wildman–Crippen MR) is 204 cm³/mol. The van der Waals surface area contributed by atoms with E-state index in [1.165, 1.54) is 19.8 Å². The third kappa shape index (κ3) is 5.93. The van der Waals surface area contributed by atoms with Gasteiger partial charge in [-0.2, -0.15) is 0 Å². The van der Waals surface area contributed by atoms with Crippen molar-refractivity contribution in [1.29, 1.82) is 0 Å². The molecule has 5 aliphatic carbocycles. The average molecular weight is 809 g/mol. The van der Waals surface area contributed by atoms with Crippen molar-refractivity contribution in [3.05, 3.63) is 0 Å². The number of carbonyl (C=O) groups excluding carboxylic acids is 1. The summed E-state index contributed by atoms with van der Waals surface area (Å²) < 4.78 is 59.2. The number of methoxy groups -OCH3 is 1. The maximum absolute atomic E-state index is 12.2. The summed E-state index contributed by atoms with van der Waals surface area (Å²) in [6.45, 7) is 14.2. The van der Waals surface area contributed by atoms with Crippen LogP contribution < -0.4 is 0 Å². The van der Waals surface area contributed by atoms with Crippen LogP contribution in [0.5, 0.6) is 0 Å². The molecule has 5 saturated carbocycles. The van der Waals surface area contributed by atoms with E-state index in [4.69, 9.17) is 45.2 Å². The molecular formula is C37H60O11S4. The molecule has 0 radical (unpaired) electrons. The minimum atomic E-state index is -0.667. The molecule has 15 heteroatoms. The summed E-state index contributed by atoms with van der Waals surface area (Å²) in [6.07, 6.45) is 5.12. The van der Waals surface area contributed by atoms with Gasteiger partial charge in [0.15, 0.2) is 18.5 Å². The standard InChI is InChI=1S/C37H60O11S4/c1-19-14-21(22(42-20(2)38)15-40-18-39-7)43-29-27(19)34(5)12-13-37-17-36(37)11-10-26(44-32-30(47-51)28(46-50)23(45-49)16-41-32)33(3,4)24(36)8-9-25(37)35(34,6)31(29)48-52/h19,21-32,49-52H,8-18H2,1-7H3/t19-,21-,22-,23-,24+,25+,26+,27?,28+,29?,30-,31+,32?,34-,35-,36-,37+/m1/s1. The Morgan fingerprint density at radius 3 is 2.27 bits per heavy atom. The maximum Gasteiger partial charge on any atom is 0.303 e. The molecule has 298 valence electrons. The molecule has 0 N–H and O–H groups in total. The molecule has 3 unspecified atom stereocenters. The van der Waals surface area contributed by atoms with Crippen molar-refractivity contribution in [3.63, 3.8) is 0 Å². The van der Waals surface area contributed by atoms with Crippen LogP contribution in [-0.4, -0.2) is 88.2 Å². The lowest BCUT2D eigenvalue weighted by atomic mass is 9.41. The fraction of sp³-hybridized carbons (Fsp3) is 0.973. The first-order valence-electron chi connectivity index (χ1n) is 19.1. The van der Waals surface area contributed by atoms with Gasteiger partial charge in [-0.15, -0.1) is 0 Å². The second-order valence-corrected chi connectivity index (χ2v) is 19.0. The highest BCUT2D eigenvalue weighted by molar-refractivity contribution is 7.75. The number of hydrogen-bond acceptors (Lipinski definition) is 15. The normalized spacial score (nSPS) is 50.9. The maximum atomic E-state index is 12.2. The van der Waals surface area contributed by atoms with E-state index in [1.54, 1.807) is 7.11 Å². The first-order chi connectivity index (χ1) is 24.7. The van der Waals surface area contributed by atoms with Crippen molar-refractivity contribution in [3.8, 4) is 0 Å². The molecule has 7 fully saturated rings. The topological polar surface area (TPSA) is 109 Å². The minimum absolute atomic E-state index is 0.00167. The van der Waals surface area contributed by atoms with Crippen molar-refractivity contribution in [2.75, 3.05) is 27.1 Å². The van der Waals surface area contributed by atoms with E-state index < -0.39 is 30.7 Å². The van der Waals surface area contributed by atoms with Crippen LogP contribution in [0.15, 0.2) is 0 Å². The summed E-state index contributed by atoms with van der Waals surface area (Å²) in [6, 6.07) is 0. The van der Waals surface area contributed by atoms with Crippen LogP contribution in [0.4, 0.5) is 0 Å². The second-order valence-electron chi connectivity index (χ2n) is 18.2. The van der Waals surface area contributed by atoms with E-state index in [9.17, 15) is 4.79 Å². The third-order valence-electron chi connectivity index (χ3n) is 16.1. The predicted octanol–water partition coefficient (Wildman–Crippen LogP) is 6.65. The molecule has 0 aromatic rings. The van der Waals surface area contributed by atoms with Crippen LogP contribution in [-0.2, 0) is 49.9 Å². The molecule has 17 atom stereocenters. The van der Waals surface area contributed by atoms with Crippen molar-refractivity contribution < 1.29 is 49.9 Å². The number of carbonyl (C=O) groups is 1. The number of hydrogen-bond donors (Lipinski definition) is 4. The van der Waals surface area contributed by atoms with Crippen LogP contribution in [0.3, 0.4) is 0 Å². The summed E-state index contributed by atoms with van der Waals surface area (Å²) in [4.78, 5) is 12.2. The largest absolute Gasteiger partial charge is 0.457 e. The van der Waals surface area contributed by atoms with Gasteiger partial charge in [-0.3, -0.25) is 4.79 Å². The average Bonchev–Trinajstić information content (AvgIpc) is 3.73. The smallest absolute Gasteiger partial charge is 0.303 e. The van der Waals surface area contributed by atoms with Gasteiger partial charge >= 0.3 is 5.97 Å². The van der Waals surface area contributed by atoms with Crippen LogP contribution in [0.2, 0.25) is 0 Å². The van der Waals surface area contributed by atoms with Gasteiger partial charge in [-0.1, -0.05) is 34.6 Å². The van der Waals surface area contributed by atoms with Gasteiger partial charge in [0.25, 0.3) is 0 Å². The second kappa shape index (κ2) is 15.0. The van der Waals surface area contributed by atoms with Crippen LogP contribution in [0.25, 0.3) is 0 Å². The molecule has 7 aliphatic rings. The highest BCUT2D eigenvalue weighted by Crippen LogP contribution is 2.89. The summed E-state index contributed by atoms with van der Waals surface area (Å²) in [5.41, 5.74) is 0.240. The van der Waals surface area contributed by atoms with Crippen LogP contribution >= 0.6 is 51.6 Å². The summed E-state index contributed by atoms with van der Waals surface area (Å²) in [5, 5.41) is 0. The van der Waals surface area contributed by atoms with Gasteiger partial charge in [0.05, 0.1) is 31.5 Å². The molecule has 2 saturated heterocycles. The lowest BCUT2D eigenvalue weighted by molar-refractivity contribution is -0.288. The number of fused-ring (bicyclic) bond motifs is 4. The minimum Gasteiger partial charge on any atom is -0.457 e. The number of ether oxygens (including phenoxy) is 6. The quantitative estimate of drug-likeness (QED) is 0.0425. The Morgan fingerprint density at radius 1 is 0.904 bits per heavy atom. The molecule has 11 nitrogen and oxygen atoms in total. The molecule has 52 heavy (non-hydrogen) atoms. The van der Waals surface area contributed by atoms with Gasteiger partial charge in [-0.05, 0) is 148 Å². The zero-order valence-corrected chi connectivity index (χ0v) is 35.1. The lowest BCUT2D eigenvalue weighted by Gasteiger charge is -2.64. The van der Waals surface area contributed by atoms with Crippen LogP contribution in [0, 0.1) is 50.7 Å². The number of rotatable bonds is 12. The fourth-order valence-electron chi connectivity index (χ4n) is 14.0. The highest BCUT2D eigenvalue weighted by Gasteiger charge is 2.85. The Balaban J connectivity index is 1.13. The van der Waals surface area contributed by atoms with E-state index in [1.807, 2.05) is 0 Å². The molecule has 0 bridgehead atoms. The Hall–Kier alpha value is 0.510. The Labute approximate surface area is 332 Å². The highest BCUT2D eigenvalue weighted by atomic mass is 32.1. The molecule has 7 rings (SSSR count). The monoisotopic (exact) mass is 808 g/mol. The zero-order valence-electron chi connectivity index (χ0n) is 31.6. The van der Waals surface area contributed by atoms with E-state index in [2.05, 4.69) is 86.3 Å². The Kier molecular flexibility index (Phi) is 11.8. The van der Waals surface area contributed by atoms with Crippen molar-refractivity contribution >= 4 is 57.6 Å². The zero-order chi connectivity index (χ0) is 37.4. The van der Waals surface area contributed by atoms with Crippen molar-refractivity contribution in [1.82, 2.24) is 0 Å². The van der Waals surface area contributed by atoms with Gasteiger partial charge in [0, 0.05) is 19.4 Å². The first-order valence-corrected chi connectivity index (χ1v) is 20.6. The van der Waals surface area contributed by atoms with Gasteiger partial charge in [0.1, 0.15) is 25.1 Å². The fourth-order valence-corrected chi connectivity index (χ4v) is 15.0. The van der Waals surface area contributed by atoms with Gasteiger partial charge < -0.3 is 45.2 Å². The first kappa shape index (κ1) is 40.7. The van der Waals surface area contributed by atoms with Crippen molar-refractivity contribution in [2.45, 2.75) is 148 Å². The lowest BCUT2D eigenvalue weighted by Crippen LogP contribution is -2.61. The van der Waals surface area contributed by atoms with E-state index in [0.29, 0.717) is 23.7 Å². The molecule has 2 aliphatic heterocycles. The molecule has 2 heterocycles. The SMILES string of the molecule is COCOC[C@@H](OC(C)=O)[C@H]1C[C@@H](C)C2C(O1)[C@H](OS)[C@@]1(C)[C@@H]3CC[C@H]4C(C)(C)[C@@H](OC5OC[C@@H](OS)[C@H](OS)[C@H]5OS)CC[C@@]45C[C@@]35CC[C@]21C. The summed E-state index contributed by atoms with van der Waals surface area (Å²) >= 11 is 16.9. The van der Waals surface area contributed by atoms with Crippen LogP contribution in [0.1, 0.15) is 92.9 Å². The van der Waals surface area contributed by atoms with Gasteiger partial charge in [0.2, 0.25) is 0 Å². The van der Waals surface area contributed by atoms with Crippen molar-refractivity contribution in [2.24, 2.45) is 50.7 Å². The molecule has 0 aromatic carbocycles. The Bertz CT molecular complexity index is 1310. The third-order valence-corrected chi connectivity index (χ3v) is 17.1.